The lowest BCUT2D eigenvalue weighted by Gasteiger charge is -2.17. The zero-order valence-electron chi connectivity index (χ0n) is 10.1. The molecular formula is C13H15ClFNO2. The molecule has 1 rings (SSSR count). The first kappa shape index (κ1) is 14.7. The van der Waals surface area contributed by atoms with Gasteiger partial charge in [0, 0.05) is 12.1 Å². The van der Waals surface area contributed by atoms with Gasteiger partial charge in [-0.3, -0.25) is 5.32 Å². The molecule has 0 amide bonds. The first-order valence-electron chi connectivity index (χ1n) is 5.56. The summed E-state index contributed by atoms with van der Waals surface area (Å²) in [5.41, 5.74) is 0.169. The lowest BCUT2D eigenvalue weighted by molar-refractivity contribution is -0.145. The number of esters is 1. The predicted molar refractivity (Wildman–Crippen MR) is 69.0 cm³/mol. The quantitative estimate of drug-likeness (QED) is 0.639. The monoisotopic (exact) mass is 271 g/mol. The second kappa shape index (κ2) is 7.13. The maximum Gasteiger partial charge on any atom is 0.327 e. The van der Waals surface area contributed by atoms with E-state index >= 15 is 0 Å². The van der Waals surface area contributed by atoms with E-state index in [4.69, 9.17) is 16.3 Å². The Morgan fingerprint density at radius 3 is 3.00 bits per heavy atom. The fourth-order valence-corrected chi connectivity index (χ4v) is 1.67. The topological polar surface area (TPSA) is 38.3 Å². The van der Waals surface area contributed by atoms with Crippen LogP contribution in [-0.2, 0) is 9.53 Å². The van der Waals surface area contributed by atoms with Gasteiger partial charge >= 0.3 is 5.97 Å². The molecule has 1 atom stereocenters. The van der Waals surface area contributed by atoms with Crippen molar-refractivity contribution in [2.24, 2.45) is 0 Å². The standard InChI is InChI=1S/C13H15ClFNO2/c1-3-8-16-12(13(17)18-4-2)9-6-5-7-10(14)11(9)15/h3,5-7,12,16H,1,4,8H2,2H3. The minimum atomic E-state index is -0.887. The Morgan fingerprint density at radius 1 is 1.67 bits per heavy atom. The van der Waals surface area contributed by atoms with Crippen LogP contribution in [0.4, 0.5) is 4.39 Å². The maximum absolute atomic E-state index is 13.9. The molecule has 0 aromatic heterocycles. The Morgan fingerprint density at radius 2 is 2.39 bits per heavy atom. The first-order chi connectivity index (χ1) is 8.61. The molecule has 5 heteroatoms. The summed E-state index contributed by atoms with van der Waals surface area (Å²) in [5, 5.41) is 2.82. The summed E-state index contributed by atoms with van der Waals surface area (Å²) >= 11 is 5.70. The summed E-state index contributed by atoms with van der Waals surface area (Å²) in [6.07, 6.45) is 1.58. The van der Waals surface area contributed by atoms with Crippen molar-refractivity contribution >= 4 is 17.6 Å². The number of benzene rings is 1. The van der Waals surface area contributed by atoms with Gasteiger partial charge in [-0.15, -0.1) is 6.58 Å². The average Bonchev–Trinajstić information content (AvgIpc) is 2.35. The third-order valence-corrected chi connectivity index (χ3v) is 2.57. The smallest absolute Gasteiger partial charge is 0.327 e. The zero-order chi connectivity index (χ0) is 13.5. The van der Waals surface area contributed by atoms with Gasteiger partial charge in [-0.05, 0) is 13.0 Å². The maximum atomic E-state index is 13.9. The molecule has 0 saturated heterocycles. The molecule has 0 heterocycles. The summed E-state index contributed by atoms with van der Waals surface area (Å²) in [4.78, 5) is 11.8. The van der Waals surface area contributed by atoms with Crippen molar-refractivity contribution in [3.05, 3.63) is 47.3 Å². The van der Waals surface area contributed by atoms with Gasteiger partial charge in [0.1, 0.15) is 11.9 Å². The molecule has 3 nitrogen and oxygen atoms in total. The van der Waals surface area contributed by atoms with Crippen LogP contribution in [0.3, 0.4) is 0 Å². The van der Waals surface area contributed by atoms with E-state index in [2.05, 4.69) is 11.9 Å². The van der Waals surface area contributed by atoms with Crippen molar-refractivity contribution in [3.8, 4) is 0 Å². The highest BCUT2D eigenvalue weighted by Gasteiger charge is 2.24. The van der Waals surface area contributed by atoms with E-state index in [1.165, 1.54) is 12.1 Å². The van der Waals surface area contributed by atoms with Crippen molar-refractivity contribution in [2.75, 3.05) is 13.2 Å². The van der Waals surface area contributed by atoms with Crippen LogP contribution in [0.15, 0.2) is 30.9 Å². The van der Waals surface area contributed by atoms with Crippen LogP contribution >= 0.6 is 11.6 Å². The molecule has 0 bridgehead atoms. The van der Waals surface area contributed by atoms with Crippen molar-refractivity contribution in [1.82, 2.24) is 5.32 Å². The summed E-state index contributed by atoms with van der Waals surface area (Å²) in [5.74, 6) is -1.16. The van der Waals surface area contributed by atoms with Gasteiger partial charge in [-0.25, -0.2) is 9.18 Å². The van der Waals surface area contributed by atoms with Crippen LogP contribution in [0.25, 0.3) is 0 Å². The molecular weight excluding hydrogens is 257 g/mol. The molecule has 0 aliphatic heterocycles. The minimum absolute atomic E-state index is 0.0257. The predicted octanol–water partition coefficient (Wildman–Crippen LogP) is 2.86. The van der Waals surface area contributed by atoms with Crippen LogP contribution in [0.5, 0.6) is 0 Å². The van der Waals surface area contributed by atoms with Crippen LogP contribution in [-0.4, -0.2) is 19.1 Å². The Kier molecular flexibility index (Phi) is 5.82. The van der Waals surface area contributed by atoms with E-state index < -0.39 is 17.8 Å². The number of rotatable bonds is 6. The minimum Gasteiger partial charge on any atom is -0.465 e. The Balaban J connectivity index is 3.04. The molecule has 0 saturated carbocycles. The van der Waals surface area contributed by atoms with Gasteiger partial charge in [0.05, 0.1) is 11.6 Å². The molecule has 98 valence electrons. The van der Waals surface area contributed by atoms with Gasteiger partial charge in [0.25, 0.3) is 0 Å². The number of carbonyl (C=O) groups is 1. The number of ether oxygens (including phenoxy) is 1. The summed E-state index contributed by atoms with van der Waals surface area (Å²) in [7, 11) is 0. The van der Waals surface area contributed by atoms with E-state index in [1.54, 1.807) is 19.1 Å². The molecule has 0 fully saturated rings. The van der Waals surface area contributed by atoms with Crippen LogP contribution in [0.1, 0.15) is 18.5 Å². The van der Waals surface area contributed by atoms with Gasteiger partial charge < -0.3 is 4.74 Å². The fraction of sp³-hybridized carbons (Fsp3) is 0.308. The largest absolute Gasteiger partial charge is 0.465 e. The summed E-state index contributed by atoms with van der Waals surface area (Å²) < 4.78 is 18.8. The fourth-order valence-electron chi connectivity index (χ4n) is 1.49. The molecule has 18 heavy (non-hydrogen) atoms. The highest BCUT2D eigenvalue weighted by molar-refractivity contribution is 6.30. The third-order valence-electron chi connectivity index (χ3n) is 2.28. The Labute approximate surface area is 111 Å². The van der Waals surface area contributed by atoms with Crippen molar-refractivity contribution in [2.45, 2.75) is 13.0 Å². The second-order valence-electron chi connectivity index (χ2n) is 3.53. The lowest BCUT2D eigenvalue weighted by Crippen LogP contribution is -2.31. The van der Waals surface area contributed by atoms with E-state index in [-0.39, 0.29) is 17.2 Å². The van der Waals surface area contributed by atoms with E-state index in [1.807, 2.05) is 0 Å². The van der Waals surface area contributed by atoms with E-state index in [0.29, 0.717) is 6.54 Å². The highest BCUT2D eigenvalue weighted by atomic mass is 35.5. The molecule has 0 aliphatic rings. The summed E-state index contributed by atoms with van der Waals surface area (Å²) in [6.45, 7) is 5.81. The molecule has 1 unspecified atom stereocenters. The van der Waals surface area contributed by atoms with Gasteiger partial charge in [-0.1, -0.05) is 29.8 Å². The number of hydrogen-bond acceptors (Lipinski definition) is 3. The van der Waals surface area contributed by atoms with Crippen molar-refractivity contribution in [1.29, 1.82) is 0 Å². The van der Waals surface area contributed by atoms with Crippen LogP contribution in [0.2, 0.25) is 5.02 Å². The van der Waals surface area contributed by atoms with E-state index in [9.17, 15) is 9.18 Å². The number of hydrogen-bond donors (Lipinski definition) is 1. The van der Waals surface area contributed by atoms with Crippen molar-refractivity contribution in [3.63, 3.8) is 0 Å². The average molecular weight is 272 g/mol. The number of nitrogens with one attached hydrogen (secondary N) is 1. The highest BCUT2D eigenvalue weighted by Crippen LogP contribution is 2.24. The Hall–Kier alpha value is -1.39. The SMILES string of the molecule is C=CCNC(C(=O)OCC)c1cccc(Cl)c1F. The first-order valence-corrected chi connectivity index (χ1v) is 5.94. The number of carbonyl (C=O) groups excluding carboxylic acids is 1. The van der Waals surface area contributed by atoms with E-state index in [0.717, 1.165) is 0 Å². The molecule has 1 aromatic rings. The van der Waals surface area contributed by atoms with Crippen molar-refractivity contribution < 1.29 is 13.9 Å². The molecule has 0 radical (unpaired) electrons. The lowest BCUT2D eigenvalue weighted by atomic mass is 10.1. The van der Waals surface area contributed by atoms with Gasteiger partial charge in [-0.2, -0.15) is 0 Å². The molecule has 1 aromatic carbocycles. The van der Waals surface area contributed by atoms with Gasteiger partial charge in [0.15, 0.2) is 0 Å². The van der Waals surface area contributed by atoms with Crippen LogP contribution in [0, 0.1) is 5.82 Å². The molecule has 1 N–H and O–H groups in total. The molecule has 0 aliphatic carbocycles. The van der Waals surface area contributed by atoms with Crippen LogP contribution < -0.4 is 5.32 Å². The normalized spacial score (nSPS) is 11.9. The Bertz CT molecular complexity index is 437. The second-order valence-corrected chi connectivity index (χ2v) is 3.93. The summed E-state index contributed by atoms with van der Waals surface area (Å²) in [6, 6.07) is 3.62. The third kappa shape index (κ3) is 3.55. The zero-order valence-corrected chi connectivity index (χ0v) is 10.8. The number of halogens is 2. The molecule has 0 spiro atoms. The van der Waals surface area contributed by atoms with Gasteiger partial charge in [0.2, 0.25) is 0 Å².